The molecule has 1 aromatic heterocycles. The third kappa shape index (κ3) is 1.70. The van der Waals surface area contributed by atoms with Crippen molar-refractivity contribution >= 4 is 26.9 Å². The molecule has 2 heterocycles. The van der Waals surface area contributed by atoms with Gasteiger partial charge in [0.05, 0.1) is 9.86 Å². The highest BCUT2D eigenvalue weighted by Gasteiger charge is 2.19. The van der Waals surface area contributed by atoms with Gasteiger partial charge >= 0.3 is 0 Å². The fourth-order valence-electron chi connectivity index (χ4n) is 1.88. The summed E-state index contributed by atoms with van der Waals surface area (Å²) >= 11 is 3.42. The Morgan fingerprint density at radius 2 is 2.44 bits per heavy atom. The zero-order valence-corrected chi connectivity index (χ0v) is 10.2. The maximum atomic E-state index is 5.80. The number of rotatable bonds is 2. The second kappa shape index (κ2) is 4.07. The molecule has 1 atom stereocenters. The number of hydrogen-bond acceptors (Lipinski definition) is 4. The van der Waals surface area contributed by atoms with E-state index in [0.29, 0.717) is 5.88 Å². The number of ether oxygens (including phenoxy) is 1. The van der Waals surface area contributed by atoms with Crippen molar-refractivity contribution in [2.45, 2.75) is 12.5 Å². The third-order valence-electron chi connectivity index (χ3n) is 2.71. The van der Waals surface area contributed by atoms with Crippen molar-refractivity contribution in [1.29, 1.82) is 0 Å². The van der Waals surface area contributed by atoms with E-state index in [1.54, 1.807) is 0 Å². The molecule has 2 aromatic rings. The Labute approximate surface area is 101 Å². The van der Waals surface area contributed by atoms with E-state index in [-0.39, 0.29) is 6.10 Å². The predicted molar refractivity (Wildman–Crippen MR) is 63.6 cm³/mol. The van der Waals surface area contributed by atoms with Crippen molar-refractivity contribution in [3.05, 3.63) is 22.7 Å². The number of hydrogen-bond donors (Lipinski definition) is 1. The molecule has 3 rings (SSSR count). The van der Waals surface area contributed by atoms with Gasteiger partial charge in [-0.2, -0.15) is 0 Å². The highest BCUT2D eigenvalue weighted by Crippen LogP contribution is 2.31. The van der Waals surface area contributed by atoms with Crippen LogP contribution in [-0.4, -0.2) is 24.4 Å². The van der Waals surface area contributed by atoms with E-state index >= 15 is 0 Å². The summed E-state index contributed by atoms with van der Waals surface area (Å²) in [4.78, 5) is 0. The molecule has 0 aliphatic carbocycles. The fraction of sp³-hybridized carbons (Fsp3) is 0.364. The fourth-order valence-corrected chi connectivity index (χ4v) is 2.32. The molecule has 1 aromatic carbocycles. The Morgan fingerprint density at radius 3 is 3.25 bits per heavy atom. The maximum Gasteiger partial charge on any atom is 0.262 e. The van der Waals surface area contributed by atoms with Crippen molar-refractivity contribution in [2.24, 2.45) is 0 Å². The average molecular weight is 283 g/mol. The molecule has 1 saturated heterocycles. The van der Waals surface area contributed by atoms with Gasteiger partial charge in [0.2, 0.25) is 0 Å². The lowest BCUT2D eigenvalue weighted by Gasteiger charge is -2.08. The molecular formula is C11H11BrN2O2. The Hall–Kier alpha value is -1.07. The molecule has 4 nitrogen and oxygen atoms in total. The van der Waals surface area contributed by atoms with Gasteiger partial charge < -0.3 is 14.6 Å². The summed E-state index contributed by atoms with van der Waals surface area (Å²) in [6.07, 6.45) is 1.22. The van der Waals surface area contributed by atoms with Crippen LogP contribution in [0.3, 0.4) is 0 Å². The van der Waals surface area contributed by atoms with E-state index in [0.717, 1.165) is 35.0 Å². The maximum absolute atomic E-state index is 5.80. The van der Waals surface area contributed by atoms with Gasteiger partial charge in [0, 0.05) is 6.54 Å². The number of para-hydroxylation sites is 1. The minimum atomic E-state index is 0.201. The summed E-state index contributed by atoms with van der Waals surface area (Å²) < 4.78 is 11.9. The average Bonchev–Trinajstić information content (AvgIpc) is 2.90. The molecule has 0 radical (unpaired) electrons. The van der Waals surface area contributed by atoms with Gasteiger partial charge in [0.1, 0.15) is 6.10 Å². The van der Waals surface area contributed by atoms with Gasteiger partial charge in [0.15, 0.2) is 5.58 Å². The third-order valence-corrected chi connectivity index (χ3v) is 3.34. The van der Waals surface area contributed by atoms with Gasteiger partial charge in [-0.25, -0.2) is 0 Å². The van der Waals surface area contributed by atoms with Crippen molar-refractivity contribution in [2.75, 3.05) is 13.1 Å². The van der Waals surface area contributed by atoms with Gasteiger partial charge in [0.25, 0.3) is 5.88 Å². The zero-order valence-electron chi connectivity index (χ0n) is 8.57. The first-order valence-corrected chi connectivity index (χ1v) is 6.05. The van der Waals surface area contributed by atoms with Crippen molar-refractivity contribution in [3.63, 3.8) is 0 Å². The van der Waals surface area contributed by atoms with E-state index in [2.05, 4.69) is 26.4 Å². The molecule has 0 bridgehead atoms. The number of halogens is 1. The van der Waals surface area contributed by atoms with Crippen LogP contribution in [-0.2, 0) is 0 Å². The second-order valence-corrected chi connectivity index (χ2v) is 4.69. The topological polar surface area (TPSA) is 47.3 Å². The molecule has 0 saturated carbocycles. The van der Waals surface area contributed by atoms with E-state index in [9.17, 15) is 0 Å². The minimum absolute atomic E-state index is 0.201. The van der Waals surface area contributed by atoms with Crippen molar-refractivity contribution in [3.8, 4) is 5.88 Å². The number of benzene rings is 1. The van der Waals surface area contributed by atoms with Crippen LogP contribution >= 0.6 is 15.9 Å². The van der Waals surface area contributed by atoms with Gasteiger partial charge in [-0.3, -0.25) is 0 Å². The Bertz CT molecular complexity index is 506. The van der Waals surface area contributed by atoms with E-state index in [1.807, 2.05) is 18.2 Å². The number of nitrogens with one attached hydrogen (secondary N) is 1. The molecule has 1 aliphatic rings. The van der Waals surface area contributed by atoms with Crippen LogP contribution in [0.4, 0.5) is 0 Å². The lowest BCUT2D eigenvalue weighted by molar-refractivity contribution is 0.204. The SMILES string of the molecule is Brc1cccc2c(OC3CCNC3)noc12. The molecule has 1 unspecified atom stereocenters. The van der Waals surface area contributed by atoms with Gasteiger partial charge in [-0.15, -0.1) is 0 Å². The van der Waals surface area contributed by atoms with Crippen LogP contribution in [0.5, 0.6) is 5.88 Å². The van der Waals surface area contributed by atoms with E-state index < -0.39 is 0 Å². The number of aromatic nitrogens is 1. The summed E-state index contributed by atoms with van der Waals surface area (Å²) in [6, 6.07) is 5.83. The first kappa shape index (κ1) is 10.1. The van der Waals surface area contributed by atoms with Crippen molar-refractivity contribution < 1.29 is 9.26 Å². The molecular weight excluding hydrogens is 272 g/mol. The van der Waals surface area contributed by atoms with Crippen LogP contribution in [0.15, 0.2) is 27.2 Å². The molecule has 1 N–H and O–H groups in total. The number of fused-ring (bicyclic) bond motifs is 1. The van der Waals surface area contributed by atoms with Gasteiger partial charge in [-0.05, 0) is 46.2 Å². The monoisotopic (exact) mass is 282 g/mol. The summed E-state index contributed by atoms with van der Waals surface area (Å²) in [5.41, 5.74) is 0.739. The predicted octanol–water partition coefficient (Wildman–Crippen LogP) is 2.33. The van der Waals surface area contributed by atoms with Crippen LogP contribution in [0.2, 0.25) is 0 Å². The molecule has 0 amide bonds. The zero-order chi connectivity index (χ0) is 11.0. The quantitative estimate of drug-likeness (QED) is 0.919. The van der Waals surface area contributed by atoms with Crippen molar-refractivity contribution in [1.82, 2.24) is 10.5 Å². The Kier molecular flexibility index (Phi) is 2.57. The first-order valence-electron chi connectivity index (χ1n) is 5.26. The van der Waals surface area contributed by atoms with Crippen LogP contribution in [0, 0.1) is 0 Å². The molecule has 1 aliphatic heterocycles. The molecule has 84 valence electrons. The second-order valence-electron chi connectivity index (χ2n) is 3.84. The van der Waals surface area contributed by atoms with Crippen LogP contribution in [0.25, 0.3) is 11.0 Å². The summed E-state index contributed by atoms with van der Waals surface area (Å²) in [5, 5.41) is 8.13. The molecule has 1 fully saturated rings. The van der Waals surface area contributed by atoms with Crippen LogP contribution < -0.4 is 10.1 Å². The summed E-state index contributed by atoms with van der Waals surface area (Å²) in [6.45, 7) is 1.88. The van der Waals surface area contributed by atoms with Gasteiger partial charge in [-0.1, -0.05) is 6.07 Å². The Balaban J connectivity index is 1.94. The minimum Gasteiger partial charge on any atom is -0.470 e. The highest BCUT2D eigenvalue weighted by molar-refractivity contribution is 9.10. The normalized spacial score (nSPS) is 20.4. The summed E-state index contributed by atoms with van der Waals surface area (Å²) in [7, 11) is 0. The summed E-state index contributed by atoms with van der Waals surface area (Å²) in [5.74, 6) is 0.588. The largest absolute Gasteiger partial charge is 0.470 e. The molecule has 5 heteroatoms. The number of nitrogens with zero attached hydrogens (tertiary/aromatic N) is 1. The van der Waals surface area contributed by atoms with Crippen LogP contribution in [0.1, 0.15) is 6.42 Å². The van der Waals surface area contributed by atoms with E-state index in [4.69, 9.17) is 9.26 Å². The Morgan fingerprint density at radius 1 is 1.50 bits per heavy atom. The smallest absolute Gasteiger partial charge is 0.262 e. The lowest BCUT2D eigenvalue weighted by Crippen LogP contribution is -2.19. The standard InChI is InChI=1S/C11H11BrN2O2/c12-9-3-1-2-8-10(9)16-14-11(8)15-7-4-5-13-6-7/h1-3,7,13H,4-6H2. The highest BCUT2D eigenvalue weighted by atomic mass is 79.9. The molecule has 16 heavy (non-hydrogen) atoms. The van der Waals surface area contributed by atoms with E-state index in [1.165, 1.54) is 0 Å². The molecule has 0 spiro atoms. The lowest BCUT2D eigenvalue weighted by atomic mass is 10.2. The first-order chi connectivity index (χ1) is 7.84.